The monoisotopic (exact) mass is 555 g/mol. The van der Waals surface area contributed by atoms with Gasteiger partial charge in [-0.3, -0.25) is 9.71 Å². The minimum absolute atomic E-state index is 0. The van der Waals surface area contributed by atoms with Crippen LogP contribution >= 0.6 is 35.3 Å². The van der Waals surface area contributed by atoms with E-state index in [-0.39, 0.29) is 42.0 Å². The smallest absolute Gasteiger partial charge is 0.234 e. The zero-order valence-corrected chi connectivity index (χ0v) is 20.6. The first kappa shape index (κ1) is 25.6. The highest BCUT2D eigenvalue weighted by Gasteiger charge is 2.12. The molecule has 0 amide bonds. The van der Waals surface area contributed by atoms with Crippen LogP contribution in [0.3, 0.4) is 0 Å². The highest BCUT2D eigenvalue weighted by atomic mass is 127. The van der Waals surface area contributed by atoms with Gasteiger partial charge in [0.25, 0.3) is 0 Å². The van der Waals surface area contributed by atoms with Crippen LogP contribution < -0.4 is 15.4 Å². The van der Waals surface area contributed by atoms with E-state index in [1.165, 1.54) is 23.1 Å². The molecule has 0 atom stereocenters. The molecule has 0 unspecified atom stereocenters. The van der Waals surface area contributed by atoms with Crippen molar-refractivity contribution in [3.8, 4) is 0 Å². The fraction of sp³-hybridized carbons (Fsp3) is 0.444. The van der Waals surface area contributed by atoms with Crippen LogP contribution in [0.15, 0.2) is 29.4 Å². The van der Waals surface area contributed by atoms with Gasteiger partial charge in [0.15, 0.2) is 5.96 Å². The van der Waals surface area contributed by atoms with Crippen molar-refractivity contribution in [2.24, 2.45) is 4.99 Å². The van der Waals surface area contributed by atoms with Gasteiger partial charge in [-0.15, -0.1) is 35.3 Å². The number of hydrogen-bond donors (Lipinski definition) is 3. The number of rotatable bonds is 9. The minimum atomic E-state index is -3.60. The molecule has 0 saturated carbocycles. The molecular formula is C18H27FIN5O2S2. The van der Waals surface area contributed by atoms with E-state index in [4.69, 9.17) is 0 Å². The predicted molar refractivity (Wildman–Crippen MR) is 129 cm³/mol. The highest BCUT2D eigenvalue weighted by molar-refractivity contribution is 14.0. The average Bonchev–Trinajstić information content (AvgIpc) is 3.11. The highest BCUT2D eigenvalue weighted by Crippen LogP contribution is 2.15. The fourth-order valence-electron chi connectivity index (χ4n) is 2.33. The van der Waals surface area contributed by atoms with Crippen LogP contribution in [-0.2, 0) is 22.9 Å². The normalized spacial score (nSPS) is 11.7. The zero-order chi connectivity index (χ0) is 20.6. The zero-order valence-electron chi connectivity index (χ0n) is 16.7. The van der Waals surface area contributed by atoms with Gasteiger partial charge in [0.1, 0.15) is 5.82 Å². The molecule has 0 aliphatic heterocycles. The maximum Gasteiger partial charge on any atom is 0.234 e. The third kappa shape index (κ3) is 8.83. The lowest BCUT2D eigenvalue weighted by molar-refractivity contribution is 0.599. The summed E-state index contributed by atoms with van der Waals surface area (Å²) < 4.78 is 40.2. The van der Waals surface area contributed by atoms with E-state index in [2.05, 4.69) is 32.3 Å². The Bertz CT molecular complexity index is 919. The van der Waals surface area contributed by atoms with Gasteiger partial charge in [-0.2, -0.15) is 0 Å². The molecule has 0 radical (unpaired) electrons. The number of aliphatic imine (C=N–C) groups is 1. The number of benzene rings is 1. The van der Waals surface area contributed by atoms with E-state index in [0.29, 0.717) is 18.1 Å². The van der Waals surface area contributed by atoms with Crippen molar-refractivity contribution < 1.29 is 12.8 Å². The topological polar surface area (TPSA) is 95.5 Å². The number of nitrogens with zero attached hydrogens (tertiary/aromatic N) is 2. The summed E-state index contributed by atoms with van der Waals surface area (Å²) in [5, 5.41) is 7.15. The molecule has 0 fully saturated rings. The van der Waals surface area contributed by atoms with Crippen LogP contribution in [0, 0.1) is 12.7 Å². The molecule has 3 N–H and O–H groups in total. The first-order valence-electron chi connectivity index (χ1n) is 8.97. The van der Waals surface area contributed by atoms with Gasteiger partial charge in [0.2, 0.25) is 10.0 Å². The van der Waals surface area contributed by atoms with Crippen LogP contribution in [0.25, 0.3) is 0 Å². The molecule has 1 heterocycles. The van der Waals surface area contributed by atoms with Gasteiger partial charge in [-0.05, 0) is 31.0 Å². The lowest BCUT2D eigenvalue weighted by Gasteiger charge is -2.12. The summed E-state index contributed by atoms with van der Waals surface area (Å²) in [6.45, 7) is 4.53. The Morgan fingerprint density at radius 3 is 2.62 bits per heavy atom. The van der Waals surface area contributed by atoms with Gasteiger partial charge in [-0.25, -0.2) is 17.8 Å². The Kier molecular flexibility index (Phi) is 10.8. The molecule has 162 valence electrons. The molecule has 1 aromatic carbocycles. The van der Waals surface area contributed by atoms with Crippen molar-refractivity contribution in [3.05, 3.63) is 45.7 Å². The van der Waals surface area contributed by atoms with Gasteiger partial charge in [-0.1, -0.05) is 13.0 Å². The third-order valence-electron chi connectivity index (χ3n) is 3.91. The van der Waals surface area contributed by atoms with Crippen LogP contribution in [0.1, 0.15) is 22.4 Å². The Morgan fingerprint density at radius 1 is 1.28 bits per heavy atom. The molecule has 2 rings (SSSR count). The van der Waals surface area contributed by atoms with Crippen molar-refractivity contribution in [1.82, 2.24) is 15.6 Å². The first-order chi connectivity index (χ1) is 13.3. The molecular weight excluding hydrogens is 528 g/mol. The number of sulfonamides is 1. The molecule has 2 aromatic rings. The lowest BCUT2D eigenvalue weighted by atomic mass is 10.2. The Balaban J connectivity index is 0.00000420. The van der Waals surface area contributed by atoms with Crippen molar-refractivity contribution in [2.45, 2.75) is 26.7 Å². The summed E-state index contributed by atoms with van der Waals surface area (Å²) in [4.78, 5) is 9.69. The van der Waals surface area contributed by atoms with E-state index in [0.717, 1.165) is 17.8 Å². The van der Waals surface area contributed by atoms with Gasteiger partial charge in [0, 0.05) is 37.6 Å². The average molecular weight is 555 g/mol. The molecule has 0 aliphatic carbocycles. The molecule has 0 aliphatic rings. The molecule has 1 aromatic heterocycles. The number of aromatic nitrogens is 1. The number of halogens is 2. The summed E-state index contributed by atoms with van der Waals surface area (Å²) in [5.41, 5.74) is 0.670. The summed E-state index contributed by atoms with van der Waals surface area (Å²) in [7, 11) is -1.98. The number of hydrogen-bond acceptors (Lipinski definition) is 5. The van der Waals surface area contributed by atoms with E-state index in [9.17, 15) is 12.8 Å². The van der Waals surface area contributed by atoms with E-state index < -0.39 is 15.8 Å². The summed E-state index contributed by atoms with van der Waals surface area (Å²) >= 11 is 1.69. The summed E-state index contributed by atoms with van der Waals surface area (Å²) in [6, 6.07) is 4.24. The number of thiazole rings is 1. The molecule has 11 heteroatoms. The second kappa shape index (κ2) is 12.3. The number of guanidine groups is 1. The molecule has 0 spiro atoms. The standard InChI is InChI=1S/C18H26FN5O2S2.HI/c1-4-15-12-23-17(27-15)7-8-21-18(20-3)22-9-10-28(25,26)24-14-6-5-13(2)16(19)11-14;/h5-6,11-12,24H,4,7-10H2,1-3H3,(H2,20,21,22);1H. The van der Waals surface area contributed by atoms with Crippen molar-refractivity contribution in [3.63, 3.8) is 0 Å². The second-order valence-corrected chi connectivity index (χ2v) is 9.18. The van der Waals surface area contributed by atoms with Crippen LogP contribution in [0.4, 0.5) is 10.1 Å². The maximum atomic E-state index is 13.5. The van der Waals surface area contributed by atoms with Gasteiger partial charge >= 0.3 is 0 Å². The Hall–Kier alpha value is -1.47. The molecule has 29 heavy (non-hydrogen) atoms. The van der Waals surface area contributed by atoms with Gasteiger partial charge < -0.3 is 10.6 Å². The van der Waals surface area contributed by atoms with Crippen molar-refractivity contribution in [2.75, 3.05) is 30.6 Å². The second-order valence-electron chi connectivity index (χ2n) is 6.13. The van der Waals surface area contributed by atoms with Gasteiger partial charge in [0.05, 0.1) is 16.4 Å². The molecule has 0 saturated heterocycles. The fourth-order valence-corrected chi connectivity index (χ4v) is 4.15. The van der Waals surface area contributed by atoms with Crippen molar-refractivity contribution >= 4 is 57.0 Å². The summed E-state index contributed by atoms with van der Waals surface area (Å²) in [5.74, 6) is -0.103. The van der Waals surface area contributed by atoms with E-state index in [1.54, 1.807) is 25.3 Å². The first-order valence-corrected chi connectivity index (χ1v) is 11.4. The minimum Gasteiger partial charge on any atom is -0.356 e. The third-order valence-corrected chi connectivity index (χ3v) is 6.40. The van der Waals surface area contributed by atoms with E-state index in [1.807, 2.05) is 6.20 Å². The molecule has 0 bridgehead atoms. The quantitative estimate of drug-likeness (QED) is 0.251. The maximum absolute atomic E-state index is 13.5. The predicted octanol–water partition coefficient (Wildman–Crippen LogP) is 2.92. The number of nitrogens with one attached hydrogen (secondary N) is 3. The number of anilines is 1. The number of aryl methyl sites for hydroxylation is 2. The van der Waals surface area contributed by atoms with Crippen LogP contribution in [-0.4, -0.2) is 45.3 Å². The summed E-state index contributed by atoms with van der Waals surface area (Å²) in [6.07, 6.45) is 3.64. The van der Waals surface area contributed by atoms with Crippen molar-refractivity contribution in [1.29, 1.82) is 0 Å². The Labute approximate surface area is 192 Å². The van der Waals surface area contributed by atoms with E-state index >= 15 is 0 Å². The molecule has 7 nitrogen and oxygen atoms in total. The lowest BCUT2D eigenvalue weighted by Crippen LogP contribution is -2.40. The largest absolute Gasteiger partial charge is 0.356 e. The van der Waals surface area contributed by atoms with Crippen LogP contribution in [0.2, 0.25) is 0 Å². The van der Waals surface area contributed by atoms with Crippen LogP contribution in [0.5, 0.6) is 0 Å². The Morgan fingerprint density at radius 2 is 2.00 bits per heavy atom. The SMILES string of the molecule is CCc1cnc(CCNC(=NC)NCCS(=O)(=O)Nc2ccc(C)c(F)c2)s1.I.